The van der Waals surface area contributed by atoms with Gasteiger partial charge in [-0.05, 0) is 19.1 Å². The van der Waals surface area contributed by atoms with Gasteiger partial charge in [-0.2, -0.15) is 10.2 Å². The fourth-order valence-corrected chi connectivity index (χ4v) is 1.43. The molecule has 0 aliphatic carbocycles. The minimum absolute atomic E-state index is 0.138. The highest BCUT2D eigenvalue weighted by atomic mass is 35.5. The monoisotopic (exact) mass is 258 g/mol. The Morgan fingerprint density at radius 1 is 1.56 bits per heavy atom. The van der Waals surface area contributed by atoms with Crippen LogP contribution in [0.2, 0.25) is 10.0 Å². The summed E-state index contributed by atoms with van der Waals surface area (Å²) >= 11 is 11.7. The van der Waals surface area contributed by atoms with Crippen LogP contribution in [-0.2, 0) is 4.74 Å². The van der Waals surface area contributed by atoms with Crippen molar-refractivity contribution in [2.75, 3.05) is 11.5 Å². The molecule has 1 rings (SSSR count). The van der Waals surface area contributed by atoms with Crippen molar-refractivity contribution >= 4 is 35.0 Å². The number of amides is 1. The van der Waals surface area contributed by atoms with E-state index in [4.69, 9.17) is 33.2 Å². The van der Waals surface area contributed by atoms with E-state index >= 15 is 0 Å². The molecule has 84 valence electrons. The van der Waals surface area contributed by atoms with E-state index in [0.29, 0.717) is 0 Å². The first-order valence-electron chi connectivity index (χ1n) is 4.42. The number of nitrogens with zero attached hydrogens (tertiary/aromatic N) is 2. The number of ether oxygens (including phenoxy) is 1. The molecule has 0 N–H and O–H groups in total. The third-order valence-corrected chi connectivity index (χ3v) is 2.53. The molecule has 0 aliphatic rings. The van der Waals surface area contributed by atoms with Gasteiger partial charge in [0.25, 0.3) is 0 Å². The lowest BCUT2D eigenvalue weighted by Crippen LogP contribution is -2.26. The molecule has 4 nitrogen and oxygen atoms in total. The average molecular weight is 259 g/mol. The number of anilines is 1. The van der Waals surface area contributed by atoms with Crippen molar-refractivity contribution in [2.45, 2.75) is 6.92 Å². The van der Waals surface area contributed by atoms with Crippen molar-refractivity contribution in [3.8, 4) is 6.19 Å². The van der Waals surface area contributed by atoms with Crippen molar-refractivity contribution < 1.29 is 9.53 Å². The maximum Gasteiger partial charge on any atom is 0.427 e. The van der Waals surface area contributed by atoms with E-state index in [9.17, 15) is 4.79 Å². The molecule has 0 unspecified atom stereocenters. The Labute approximate surface area is 103 Å². The maximum atomic E-state index is 11.4. The highest BCUT2D eigenvalue weighted by Crippen LogP contribution is 2.32. The van der Waals surface area contributed by atoms with Crippen molar-refractivity contribution in [3.05, 3.63) is 28.2 Å². The molecule has 0 fully saturated rings. The molecule has 0 atom stereocenters. The second-order valence-corrected chi connectivity index (χ2v) is 3.49. The van der Waals surface area contributed by atoms with Crippen LogP contribution in [0.1, 0.15) is 6.92 Å². The van der Waals surface area contributed by atoms with Gasteiger partial charge in [-0.25, -0.2) is 4.79 Å². The summed E-state index contributed by atoms with van der Waals surface area (Å²) < 4.78 is 4.71. The summed E-state index contributed by atoms with van der Waals surface area (Å²) in [5.74, 6) is 0. The van der Waals surface area contributed by atoms with Crippen LogP contribution >= 0.6 is 23.2 Å². The molecule has 0 spiro atoms. The van der Waals surface area contributed by atoms with Crippen molar-refractivity contribution in [2.24, 2.45) is 0 Å². The predicted octanol–water partition coefficient (Wildman–Crippen LogP) is 3.44. The van der Waals surface area contributed by atoms with Gasteiger partial charge >= 0.3 is 6.09 Å². The summed E-state index contributed by atoms with van der Waals surface area (Å²) in [5, 5.41) is 9.27. The molecule has 0 saturated carbocycles. The van der Waals surface area contributed by atoms with Crippen molar-refractivity contribution in [1.29, 1.82) is 5.26 Å². The minimum atomic E-state index is -0.783. The first-order valence-corrected chi connectivity index (χ1v) is 5.18. The number of rotatable bonds is 2. The van der Waals surface area contributed by atoms with Crippen LogP contribution in [0.5, 0.6) is 0 Å². The van der Waals surface area contributed by atoms with Crippen LogP contribution in [0.3, 0.4) is 0 Å². The first kappa shape index (κ1) is 12.6. The second-order valence-electron chi connectivity index (χ2n) is 2.71. The summed E-state index contributed by atoms with van der Waals surface area (Å²) in [6.07, 6.45) is 0.904. The van der Waals surface area contributed by atoms with Crippen LogP contribution in [-0.4, -0.2) is 12.7 Å². The molecule has 1 aromatic carbocycles. The van der Waals surface area contributed by atoms with E-state index in [1.807, 2.05) is 0 Å². The molecule has 1 amide bonds. The van der Waals surface area contributed by atoms with Crippen LogP contribution in [0, 0.1) is 11.5 Å². The lowest BCUT2D eigenvalue weighted by atomic mass is 10.3. The molecule has 16 heavy (non-hydrogen) atoms. The van der Waals surface area contributed by atoms with Gasteiger partial charge in [-0.1, -0.05) is 29.3 Å². The lowest BCUT2D eigenvalue weighted by Gasteiger charge is -2.14. The number of halogens is 2. The molecule has 0 aliphatic heterocycles. The average Bonchev–Trinajstić information content (AvgIpc) is 2.25. The van der Waals surface area contributed by atoms with E-state index in [1.165, 1.54) is 6.07 Å². The number of hydrogen-bond acceptors (Lipinski definition) is 3. The Balaban J connectivity index is 3.10. The van der Waals surface area contributed by atoms with Gasteiger partial charge in [0, 0.05) is 0 Å². The Bertz CT molecular complexity index is 443. The molecular weight excluding hydrogens is 251 g/mol. The molecular formula is C10H8Cl2N2O2. The number of nitriles is 1. The first-order chi connectivity index (χ1) is 7.61. The van der Waals surface area contributed by atoms with Crippen LogP contribution in [0.4, 0.5) is 10.5 Å². The van der Waals surface area contributed by atoms with Crippen LogP contribution in [0.25, 0.3) is 0 Å². The lowest BCUT2D eigenvalue weighted by molar-refractivity contribution is 0.163. The van der Waals surface area contributed by atoms with Gasteiger partial charge in [-0.3, -0.25) is 0 Å². The van der Waals surface area contributed by atoms with Crippen molar-refractivity contribution in [3.63, 3.8) is 0 Å². The zero-order valence-electron chi connectivity index (χ0n) is 8.41. The van der Waals surface area contributed by atoms with Crippen LogP contribution < -0.4 is 4.90 Å². The Morgan fingerprint density at radius 2 is 2.25 bits per heavy atom. The zero-order valence-corrected chi connectivity index (χ0v) is 9.92. The SMILES string of the molecule is CCOC(=O)N(C#N)c1cccc(Cl)c1Cl. The molecule has 1 aromatic rings. The van der Waals surface area contributed by atoms with Crippen molar-refractivity contribution in [1.82, 2.24) is 0 Å². The highest BCUT2D eigenvalue weighted by Gasteiger charge is 2.20. The summed E-state index contributed by atoms with van der Waals surface area (Å²) in [4.78, 5) is 12.2. The van der Waals surface area contributed by atoms with E-state index in [-0.39, 0.29) is 22.3 Å². The van der Waals surface area contributed by atoms with Gasteiger partial charge in [0.1, 0.15) is 0 Å². The Hall–Kier alpha value is -1.44. The number of hydrogen-bond donors (Lipinski definition) is 0. The van der Waals surface area contributed by atoms with Gasteiger partial charge < -0.3 is 4.74 Å². The molecule has 0 aromatic heterocycles. The highest BCUT2D eigenvalue weighted by molar-refractivity contribution is 6.44. The largest absolute Gasteiger partial charge is 0.449 e. The standard InChI is InChI=1S/C10H8Cl2N2O2/c1-2-16-10(15)14(6-13)8-5-3-4-7(11)9(8)12/h3-5H,2H2,1H3. The Kier molecular flexibility index (Phi) is 4.41. The third kappa shape index (κ3) is 2.57. The fraction of sp³-hybridized carbons (Fsp3) is 0.200. The third-order valence-electron chi connectivity index (χ3n) is 1.72. The summed E-state index contributed by atoms with van der Waals surface area (Å²) in [6.45, 7) is 1.82. The topological polar surface area (TPSA) is 53.3 Å². The van der Waals surface area contributed by atoms with E-state index in [0.717, 1.165) is 4.90 Å². The van der Waals surface area contributed by atoms with E-state index in [2.05, 4.69) is 0 Å². The van der Waals surface area contributed by atoms with Gasteiger partial charge in [0.05, 0.1) is 22.3 Å². The number of carbonyl (C=O) groups excluding carboxylic acids is 1. The predicted molar refractivity (Wildman–Crippen MR) is 61.6 cm³/mol. The van der Waals surface area contributed by atoms with Gasteiger partial charge in [0.2, 0.25) is 0 Å². The zero-order chi connectivity index (χ0) is 12.1. The summed E-state index contributed by atoms with van der Waals surface area (Å²) in [5.41, 5.74) is 0.204. The molecule has 0 heterocycles. The quantitative estimate of drug-likeness (QED) is 0.603. The normalized spacial score (nSPS) is 9.38. The smallest absolute Gasteiger partial charge is 0.427 e. The maximum absolute atomic E-state index is 11.4. The number of benzene rings is 1. The van der Waals surface area contributed by atoms with Gasteiger partial charge in [0.15, 0.2) is 6.19 Å². The summed E-state index contributed by atoms with van der Waals surface area (Å²) in [6, 6.07) is 4.66. The van der Waals surface area contributed by atoms with Gasteiger partial charge in [-0.15, -0.1) is 0 Å². The molecule has 0 radical (unpaired) electrons. The van der Waals surface area contributed by atoms with E-state index in [1.54, 1.807) is 25.2 Å². The second kappa shape index (κ2) is 5.59. The fourth-order valence-electron chi connectivity index (χ4n) is 1.05. The molecule has 6 heteroatoms. The van der Waals surface area contributed by atoms with Crippen LogP contribution in [0.15, 0.2) is 18.2 Å². The Morgan fingerprint density at radius 3 is 2.81 bits per heavy atom. The molecule has 0 saturated heterocycles. The van der Waals surface area contributed by atoms with E-state index < -0.39 is 6.09 Å². The summed E-state index contributed by atoms with van der Waals surface area (Å²) in [7, 11) is 0. The minimum Gasteiger partial charge on any atom is -0.449 e. The number of carbonyl (C=O) groups is 1. The molecule has 0 bridgehead atoms.